The molecule has 200 valence electrons. The Morgan fingerprint density at radius 3 is 2.54 bits per heavy atom. The summed E-state index contributed by atoms with van der Waals surface area (Å²) in [7, 11) is 0. The van der Waals surface area contributed by atoms with Crippen molar-refractivity contribution in [2.24, 2.45) is 5.41 Å². The molecular formula is C30H41N3O4. The predicted molar refractivity (Wildman–Crippen MR) is 145 cm³/mol. The molecule has 1 spiro atoms. The molecule has 4 rings (SSSR count). The predicted octanol–water partition coefficient (Wildman–Crippen LogP) is 4.55. The maximum absolute atomic E-state index is 13.6. The molecule has 2 heterocycles. The Balaban J connectivity index is 1.42. The van der Waals surface area contributed by atoms with Gasteiger partial charge in [-0.05, 0) is 77.7 Å². The van der Waals surface area contributed by atoms with Crippen LogP contribution in [0.3, 0.4) is 0 Å². The van der Waals surface area contributed by atoms with E-state index in [1.54, 1.807) is 12.1 Å². The quantitative estimate of drug-likeness (QED) is 0.635. The first-order chi connectivity index (χ1) is 17.9. The number of piperidine rings is 1. The molecule has 1 fully saturated rings. The lowest BCUT2D eigenvalue weighted by Gasteiger charge is -2.41. The highest BCUT2D eigenvalue weighted by Gasteiger charge is 2.41. The van der Waals surface area contributed by atoms with Crippen LogP contribution in [0, 0.1) is 5.41 Å². The van der Waals surface area contributed by atoms with E-state index in [4.69, 9.17) is 9.47 Å². The normalized spacial score (nSPS) is 21.4. The van der Waals surface area contributed by atoms with Crippen molar-refractivity contribution in [2.75, 3.05) is 26.2 Å². The SMILES string of the molecule is CC(C)Oc1ccccc1CN1CCC2(CCCCNC(=O)c3ccccc3OC[C@@H](C)NC2=O)CC1. The minimum absolute atomic E-state index is 0.117. The molecule has 0 aromatic heterocycles. The number of ether oxygens (including phenoxy) is 2. The molecule has 0 unspecified atom stereocenters. The highest BCUT2D eigenvalue weighted by atomic mass is 16.5. The van der Waals surface area contributed by atoms with E-state index in [1.807, 2.05) is 45.0 Å². The van der Waals surface area contributed by atoms with Gasteiger partial charge in [0, 0.05) is 18.7 Å². The van der Waals surface area contributed by atoms with E-state index in [9.17, 15) is 9.59 Å². The maximum atomic E-state index is 13.6. The van der Waals surface area contributed by atoms with Gasteiger partial charge < -0.3 is 20.1 Å². The van der Waals surface area contributed by atoms with E-state index < -0.39 is 5.41 Å². The molecule has 0 bridgehead atoms. The van der Waals surface area contributed by atoms with Gasteiger partial charge in [-0.2, -0.15) is 0 Å². The van der Waals surface area contributed by atoms with Crippen LogP contribution >= 0.6 is 0 Å². The smallest absolute Gasteiger partial charge is 0.255 e. The molecule has 7 nitrogen and oxygen atoms in total. The zero-order valence-corrected chi connectivity index (χ0v) is 22.4. The first-order valence-corrected chi connectivity index (χ1v) is 13.6. The second-order valence-corrected chi connectivity index (χ2v) is 10.7. The molecule has 0 aliphatic carbocycles. The van der Waals surface area contributed by atoms with Crippen LogP contribution in [0.25, 0.3) is 0 Å². The summed E-state index contributed by atoms with van der Waals surface area (Å²) in [4.78, 5) is 28.8. The maximum Gasteiger partial charge on any atom is 0.255 e. The summed E-state index contributed by atoms with van der Waals surface area (Å²) in [6.07, 6.45) is 4.31. The topological polar surface area (TPSA) is 79.9 Å². The van der Waals surface area contributed by atoms with E-state index in [-0.39, 0.29) is 24.0 Å². The summed E-state index contributed by atoms with van der Waals surface area (Å²) in [5, 5.41) is 6.25. The fraction of sp³-hybridized carbons (Fsp3) is 0.533. The van der Waals surface area contributed by atoms with Crippen LogP contribution in [-0.4, -0.2) is 55.1 Å². The Bertz CT molecular complexity index is 1060. The lowest BCUT2D eigenvalue weighted by molar-refractivity contribution is -0.135. The number of hydrogen-bond acceptors (Lipinski definition) is 5. The molecule has 0 saturated carbocycles. The van der Waals surface area contributed by atoms with Gasteiger partial charge in [0.2, 0.25) is 5.91 Å². The average Bonchev–Trinajstić information content (AvgIpc) is 2.88. The second-order valence-electron chi connectivity index (χ2n) is 10.7. The summed E-state index contributed by atoms with van der Waals surface area (Å²) in [6.45, 7) is 9.48. The Labute approximate surface area is 220 Å². The average molecular weight is 508 g/mol. The summed E-state index contributed by atoms with van der Waals surface area (Å²) >= 11 is 0. The Kier molecular flexibility index (Phi) is 9.09. The summed E-state index contributed by atoms with van der Waals surface area (Å²) in [5.41, 5.74) is 1.32. The number of rotatable bonds is 4. The minimum Gasteiger partial charge on any atom is -0.491 e. The lowest BCUT2D eigenvalue weighted by atomic mass is 9.73. The van der Waals surface area contributed by atoms with Crippen molar-refractivity contribution in [1.82, 2.24) is 15.5 Å². The van der Waals surface area contributed by atoms with Crippen LogP contribution < -0.4 is 20.1 Å². The van der Waals surface area contributed by atoms with Gasteiger partial charge in [-0.25, -0.2) is 0 Å². The number of amides is 2. The van der Waals surface area contributed by atoms with E-state index in [0.29, 0.717) is 24.5 Å². The molecule has 37 heavy (non-hydrogen) atoms. The first kappa shape index (κ1) is 27.0. The van der Waals surface area contributed by atoms with Gasteiger partial charge >= 0.3 is 0 Å². The number of nitrogens with one attached hydrogen (secondary N) is 2. The Morgan fingerprint density at radius 1 is 1.03 bits per heavy atom. The van der Waals surface area contributed by atoms with Gasteiger partial charge in [0.25, 0.3) is 5.91 Å². The lowest BCUT2D eigenvalue weighted by Crippen LogP contribution is -2.51. The number of likely N-dealkylation sites (tertiary alicyclic amines) is 1. The summed E-state index contributed by atoms with van der Waals surface area (Å²) in [5.74, 6) is 1.49. The van der Waals surface area contributed by atoms with Crippen molar-refractivity contribution in [1.29, 1.82) is 0 Å². The molecule has 2 aliphatic rings. The number of fused-ring (bicyclic) bond motifs is 1. The van der Waals surface area contributed by atoms with E-state index in [2.05, 4.69) is 27.7 Å². The molecule has 1 saturated heterocycles. The fourth-order valence-corrected chi connectivity index (χ4v) is 5.27. The van der Waals surface area contributed by atoms with Crippen LogP contribution in [0.15, 0.2) is 48.5 Å². The fourth-order valence-electron chi connectivity index (χ4n) is 5.27. The molecule has 2 aromatic rings. The molecule has 7 heteroatoms. The minimum atomic E-state index is -0.398. The Hall–Kier alpha value is -3.06. The third-order valence-electron chi connectivity index (χ3n) is 7.39. The van der Waals surface area contributed by atoms with Gasteiger partial charge in [-0.1, -0.05) is 36.8 Å². The molecule has 2 aliphatic heterocycles. The molecule has 2 N–H and O–H groups in total. The molecule has 0 radical (unpaired) electrons. The van der Waals surface area contributed by atoms with Crippen molar-refractivity contribution >= 4 is 11.8 Å². The Morgan fingerprint density at radius 2 is 1.76 bits per heavy atom. The van der Waals surface area contributed by atoms with E-state index >= 15 is 0 Å². The van der Waals surface area contributed by atoms with Gasteiger partial charge in [-0.15, -0.1) is 0 Å². The third-order valence-corrected chi connectivity index (χ3v) is 7.39. The zero-order valence-electron chi connectivity index (χ0n) is 22.4. The van der Waals surface area contributed by atoms with Gasteiger partial charge in [0.05, 0.1) is 23.1 Å². The monoisotopic (exact) mass is 507 g/mol. The van der Waals surface area contributed by atoms with Crippen molar-refractivity contribution in [3.8, 4) is 11.5 Å². The number of benzene rings is 2. The van der Waals surface area contributed by atoms with Crippen LogP contribution in [0.4, 0.5) is 0 Å². The number of carbonyl (C=O) groups is 2. The van der Waals surface area contributed by atoms with Gasteiger partial charge in [-0.3, -0.25) is 14.5 Å². The number of para-hydroxylation sites is 2. The molecule has 1 atom stereocenters. The molecule has 2 aromatic carbocycles. The highest BCUT2D eigenvalue weighted by Crippen LogP contribution is 2.38. The van der Waals surface area contributed by atoms with Crippen LogP contribution in [0.1, 0.15) is 68.8 Å². The molecule has 2 amide bonds. The number of carbonyl (C=O) groups excluding carboxylic acids is 2. The largest absolute Gasteiger partial charge is 0.491 e. The third kappa shape index (κ3) is 7.04. The van der Waals surface area contributed by atoms with Crippen LogP contribution in [0.2, 0.25) is 0 Å². The summed E-state index contributed by atoms with van der Waals surface area (Å²) < 4.78 is 12.0. The highest BCUT2D eigenvalue weighted by molar-refractivity contribution is 5.96. The van der Waals surface area contributed by atoms with Crippen molar-refractivity contribution in [2.45, 2.75) is 71.6 Å². The second kappa shape index (κ2) is 12.5. The number of nitrogens with zero attached hydrogens (tertiary/aromatic N) is 1. The van der Waals surface area contributed by atoms with Gasteiger partial charge in [0.1, 0.15) is 18.1 Å². The number of hydrogen-bond donors (Lipinski definition) is 2. The van der Waals surface area contributed by atoms with Crippen LogP contribution in [0.5, 0.6) is 11.5 Å². The van der Waals surface area contributed by atoms with Crippen molar-refractivity contribution in [3.05, 3.63) is 59.7 Å². The zero-order chi connectivity index (χ0) is 26.3. The van der Waals surface area contributed by atoms with Crippen molar-refractivity contribution < 1.29 is 19.1 Å². The van der Waals surface area contributed by atoms with Gasteiger partial charge in [0.15, 0.2) is 0 Å². The van der Waals surface area contributed by atoms with E-state index in [1.165, 1.54) is 5.56 Å². The molecular weight excluding hydrogens is 466 g/mol. The standard InChI is InChI=1S/C30H41N3O4/c1-22(2)37-26-12-6-4-10-24(26)20-33-18-15-30(16-19-33)14-8-9-17-31-28(34)25-11-5-7-13-27(25)36-21-23(3)32-29(30)35/h4-7,10-13,22-23H,8-9,14-21H2,1-3H3,(H,31,34)(H,32,35)/t23-/m1/s1. The van der Waals surface area contributed by atoms with Crippen molar-refractivity contribution in [3.63, 3.8) is 0 Å². The van der Waals surface area contributed by atoms with Crippen LogP contribution in [-0.2, 0) is 11.3 Å². The summed E-state index contributed by atoms with van der Waals surface area (Å²) in [6, 6.07) is 15.3. The van der Waals surface area contributed by atoms with E-state index in [0.717, 1.165) is 57.5 Å². The first-order valence-electron chi connectivity index (χ1n) is 13.6.